The molecule has 0 aliphatic heterocycles. The third-order valence-electron chi connectivity index (χ3n) is 4.62. The molecule has 0 bridgehead atoms. The minimum atomic E-state index is -0.197. The molecule has 3 N–H and O–H groups in total. The molecule has 1 atom stereocenters. The smallest absolute Gasteiger partial charge is 0.261 e. The summed E-state index contributed by atoms with van der Waals surface area (Å²) in [5, 5.41) is 1.69. The van der Waals surface area contributed by atoms with Crippen LogP contribution in [0.25, 0.3) is 33.3 Å². The average molecular weight is 332 g/mol. The average Bonchev–Trinajstić information content (AvgIpc) is 3.01. The van der Waals surface area contributed by atoms with Gasteiger partial charge in [0.15, 0.2) is 5.82 Å². The number of H-pyrrole nitrogens is 1. The van der Waals surface area contributed by atoms with Crippen molar-refractivity contribution in [3.05, 3.63) is 63.9 Å². The molecule has 0 amide bonds. The molecule has 2 heterocycles. The molecule has 4 rings (SSSR count). The minimum absolute atomic E-state index is 0.0655. The number of rotatable bonds is 2. The number of nitrogens with two attached hydrogens (primary N) is 1. The van der Waals surface area contributed by atoms with Crippen LogP contribution in [0.3, 0.4) is 0 Å². The number of nitrogens with one attached hydrogen (secondary N) is 1. The van der Waals surface area contributed by atoms with E-state index in [0.717, 1.165) is 27.7 Å². The highest BCUT2D eigenvalue weighted by Gasteiger charge is 2.16. The predicted octanol–water partition coefficient (Wildman–Crippen LogP) is 3.41. The van der Waals surface area contributed by atoms with E-state index in [2.05, 4.69) is 4.98 Å². The van der Waals surface area contributed by atoms with E-state index in [0.29, 0.717) is 16.7 Å². The first-order valence-corrected chi connectivity index (χ1v) is 8.30. The van der Waals surface area contributed by atoms with Gasteiger partial charge in [-0.25, -0.2) is 4.98 Å². The monoisotopic (exact) mass is 332 g/mol. The summed E-state index contributed by atoms with van der Waals surface area (Å²) in [7, 11) is 1.75. The number of aromatic amines is 1. The summed E-state index contributed by atoms with van der Waals surface area (Å²) in [6, 6.07) is 13.7. The van der Waals surface area contributed by atoms with Crippen molar-refractivity contribution in [3.63, 3.8) is 0 Å². The fraction of sp³-hybridized carbons (Fsp3) is 0.200. The zero-order valence-electron chi connectivity index (χ0n) is 14.5. The van der Waals surface area contributed by atoms with Crippen molar-refractivity contribution in [3.8, 4) is 11.5 Å². The van der Waals surface area contributed by atoms with Crippen molar-refractivity contribution in [1.29, 1.82) is 0 Å². The molecule has 2 aromatic heterocycles. The topological polar surface area (TPSA) is 76.7 Å². The van der Waals surface area contributed by atoms with Gasteiger partial charge >= 0.3 is 0 Å². The molecule has 0 saturated heterocycles. The molecule has 5 nitrogen and oxygen atoms in total. The Morgan fingerprint density at radius 3 is 2.68 bits per heavy atom. The van der Waals surface area contributed by atoms with Crippen molar-refractivity contribution < 1.29 is 0 Å². The highest BCUT2D eigenvalue weighted by atomic mass is 16.1. The molecule has 1 unspecified atom stereocenters. The number of fused-ring (bicyclic) bond motifs is 2. The van der Waals surface area contributed by atoms with E-state index >= 15 is 0 Å². The zero-order chi connectivity index (χ0) is 17.7. The lowest BCUT2D eigenvalue weighted by atomic mass is 10.0. The van der Waals surface area contributed by atoms with E-state index in [1.165, 1.54) is 0 Å². The zero-order valence-corrected chi connectivity index (χ0v) is 14.5. The van der Waals surface area contributed by atoms with Crippen molar-refractivity contribution >= 4 is 21.8 Å². The van der Waals surface area contributed by atoms with E-state index in [1.54, 1.807) is 11.6 Å². The fourth-order valence-electron chi connectivity index (χ4n) is 3.33. The van der Waals surface area contributed by atoms with Crippen molar-refractivity contribution in [2.45, 2.75) is 19.9 Å². The largest absolute Gasteiger partial charge is 0.352 e. The first-order valence-electron chi connectivity index (χ1n) is 8.30. The van der Waals surface area contributed by atoms with Crippen LogP contribution in [0.15, 0.2) is 47.3 Å². The number of nitrogens with zero attached hydrogens (tertiary/aromatic N) is 2. The normalized spacial score (nSPS) is 12.8. The Kier molecular flexibility index (Phi) is 3.47. The Morgan fingerprint density at radius 2 is 1.96 bits per heavy atom. The molecule has 0 fully saturated rings. The minimum Gasteiger partial charge on any atom is -0.352 e. The second kappa shape index (κ2) is 5.57. The van der Waals surface area contributed by atoms with E-state index in [9.17, 15) is 4.79 Å². The van der Waals surface area contributed by atoms with Crippen LogP contribution in [-0.4, -0.2) is 14.5 Å². The van der Waals surface area contributed by atoms with Gasteiger partial charge in [-0.2, -0.15) is 0 Å². The van der Waals surface area contributed by atoms with Gasteiger partial charge in [0, 0.05) is 24.0 Å². The number of hydrogen-bond donors (Lipinski definition) is 2. The van der Waals surface area contributed by atoms with Crippen LogP contribution in [0.2, 0.25) is 0 Å². The van der Waals surface area contributed by atoms with Gasteiger partial charge in [-0.05, 0) is 43.2 Å². The molecule has 0 saturated carbocycles. The summed E-state index contributed by atoms with van der Waals surface area (Å²) >= 11 is 0. The number of aromatic nitrogens is 3. The van der Waals surface area contributed by atoms with Crippen LogP contribution >= 0.6 is 0 Å². The van der Waals surface area contributed by atoms with Crippen LogP contribution in [0.1, 0.15) is 24.1 Å². The highest BCUT2D eigenvalue weighted by Crippen LogP contribution is 2.26. The van der Waals surface area contributed by atoms with Crippen LogP contribution in [-0.2, 0) is 7.05 Å². The van der Waals surface area contributed by atoms with Gasteiger partial charge in [0.2, 0.25) is 0 Å². The fourth-order valence-corrected chi connectivity index (χ4v) is 3.33. The third kappa shape index (κ3) is 2.44. The molecule has 5 heteroatoms. The maximum Gasteiger partial charge on any atom is 0.261 e. The Morgan fingerprint density at radius 1 is 1.20 bits per heavy atom. The van der Waals surface area contributed by atoms with E-state index in [-0.39, 0.29) is 11.6 Å². The van der Waals surface area contributed by atoms with Gasteiger partial charge in [-0.15, -0.1) is 0 Å². The molecule has 4 aromatic rings. The lowest BCUT2D eigenvalue weighted by Gasteiger charge is -2.14. The number of para-hydroxylation sites is 1. The standard InChI is InChI=1S/C20H20N4O/c1-11-8-14(12(2)21)18-15(9-11)20(25)24(3)19(23-18)17-10-13-6-4-5-7-16(13)22-17/h4-10,12,22H,21H2,1-3H3. The van der Waals surface area contributed by atoms with Crippen LogP contribution in [0.5, 0.6) is 0 Å². The molecule has 0 aliphatic carbocycles. The predicted molar refractivity (Wildman–Crippen MR) is 102 cm³/mol. The summed E-state index contributed by atoms with van der Waals surface area (Å²) in [4.78, 5) is 21.1. The van der Waals surface area contributed by atoms with Gasteiger partial charge < -0.3 is 10.7 Å². The summed E-state index contributed by atoms with van der Waals surface area (Å²) in [5.74, 6) is 0.611. The van der Waals surface area contributed by atoms with Crippen LogP contribution < -0.4 is 11.3 Å². The lowest BCUT2D eigenvalue weighted by Crippen LogP contribution is -2.22. The SMILES string of the molecule is Cc1cc(C(C)N)c2nc(-c3cc4ccccc4[nH]3)n(C)c(=O)c2c1. The maximum absolute atomic E-state index is 12.9. The molecular weight excluding hydrogens is 312 g/mol. The first kappa shape index (κ1) is 15.6. The molecule has 0 radical (unpaired) electrons. The second-order valence-corrected chi connectivity index (χ2v) is 6.61. The number of benzene rings is 2. The molecule has 0 aliphatic rings. The van der Waals surface area contributed by atoms with Crippen molar-refractivity contribution in [1.82, 2.24) is 14.5 Å². The van der Waals surface area contributed by atoms with E-state index in [1.807, 2.05) is 56.3 Å². The van der Waals surface area contributed by atoms with E-state index in [4.69, 9.17) is 10.7 Å². The van der Waals surface area contributed by atoms with E-state index < -0.39 is 0 Å². The molecular formula is C20H20N4O. The first-order chi connectivity index (χ1) is 12.0. The second-order valence-electron chi connectivity index (χ2n) is 6.61. The highest BCUT2D eigenvalue weighted by molar-refractivity contribution is 5.87. The molecule has 126 valence electrons. The van der Waals surface area contributed by atoms with Crippen molar-refractivity contribution in [2.75, 3.05) is 0 Å². The van der Waals surface area contributed by atoms with Gasteiger partial charge in [0.1, 0.15) is 0 Å². The quantitative estimate of drug-likeness (QED) is 0.590. The van der Waals surface area contributed by atoms with Crippen LogP contribution in [0, 0.1) is 6.92 Å². The number of aryl methyl sites for hydroxylation is 1. The maximum atomic E-state index is 12.9. The van der Waals surface area contributed by atoms with Gasteiger partial charge in [-0.3, -0.25) is 9.36 Å². The lowest BCUT2D eigenvalue weighted by molar-refractivity contribution is 0.813. The Bertz CT molecular complexity index is 1130. The summed E-state index contributed by atoms with van der Waals surface area (Å²) in [6.45, 7) is 3.88. The van der Waals surface area contributed by atoms with Crippen molar-refractivity contribution in [2.24, 2.45) is 12.8 Å². The summed E-state index contributed by atoms with van der Waals surface area (Å²) < 4.78 is 1.59. The molecule has 25 heavy (non-hydrogen) atoms. The van der Waals surface area contributed by atoms with Gasteiger partial charge in [0.05, 0.1) is 16.6 Å². The molecule has 2 aromatic carbocycles. The Balaban J connectivity index is 2.08. The third-order valence-corrected chi connectivity index (χ3v) is 4.62. The Labute approximate surface area is 145 Å². The van der Waals surface area contributed by atoms with Crippen LogP contribution in [0.4, 0.5) is 0 Å². The summed E-state index contributed by atoms with van der Waals surface area (Å²) in [6.07, 6.45) is 0. The molecule has 0 spiro atoms. The van der Waals surface area contributed by atoms with Gasteiger partial charge in [-0.1, -0.05) is 24.3 Å². The summed E-state index contributed by atoms with van der Waals surface area (Å²) in [5.41, 5.74) is 10.5. The number of hydrogen-bond acceptors (Lipinski definition) is 3. The van der Waals surface area contributed by atoms with Gasteiger partial charge in [0.25, 0.3) is 5.56 Å². The Hall–Kier alpha value is -2.92.